The van der Waals surface area contributed by atoms with E-state index in [2.05, 4.69) is 0 Å². The lowest BCUT2D eigenvalue weighted by Gasteiger charge is -2.25. The van der Waals surface area contributed by atoms with Crippen molar-refractivity contribution >= 4 is 41.8 Å². The van der Waals surface area contributed by atoms with Crippen LogP contribution in [0.4, 0.5) is 0 Å². The van der Waals surface area contributed by atoms with Crippen LogP contribution >= 0.6 is 0 Å². The minimum Gasteiger partial charge on any atom is -0.464 e. The molecule has 0 aromatic heterocycles. The van der Waals surface area contributed by atoms with E-state index in [1.807, 2.05) is 9.80 Å². The highest BCUT2D eigenvalue weighted by atomic mass is 16.6. The summed E-state index contributed by atoms with van der Waals surface area (Å²) in [4.78, 5) is 93.6. The minimum absolute atomic E-state index is 0.00491. The van der Waals surface area contributed by atoms with Crippen molar-refractivity contribution in [1.29, 1.82) is 0 Å². The van der Waals surface area contributed by atoms with Crippen LogP contribution in [0.3, 0.4) is 0 Å². The first-order valence-electron chi connectivity index (χ1n) is 22.2. The molecular weight excluding hydrogens is 831 g/mol. The molecule has 17 heteroatoms. The molecule has 0 aliphatic heterocycles. The molecule has 0 atom stereocenters. The molecule has 0 amide bonds. The lowest BCUT2D eigenvalue weighted by molar-refractivity contribution is -0.157. The van der Waals surface area contributed by atoms with Gasteiger partial charge in [-0.3, -0.25) is 43.5 Å². The summed E-state index contributed by atoms with van der Waals surface area (Å²) < 4.78 is 38.2. The average molecular weight is 908 g/mol. The fourth-order valence-electron chi connectivity index (χ4n) is 5.72. The highest BCUT2D eigenvalue weighted by Crippen LogP contribution is 2.13. The standard InChI is InChI=1S/C47H77N3O14/c1-44(2,3)61-39(53)20-26-49(27-21-40(54)62-45(4,5)6)30-33-58-37(51)18-24-48(32-35-60-43(57)36-16-14-13-15-17-36)25-19-38(52)59-34-31-50(28-22-41(55)63-46(7,8)9)29-23-42(56)64-47(10,11)12/h13-17H,18-35H2,1-12H3. The van der Waals surface area contributed by atoms with Gasteiger partial charge in [0.05, 0.1) is 44.1 Å². The van der Waals surface area contributed by atoms with Crippen molar-refractivity contribution in [3.8, 4) is 0 Å². The second-order valence-electron chi connectivity index (χ2n) is 19.3. The Bertz CT molecular complexity index is 1450. The van der Waals surface area contributed by atoms with Gasteiger partial charge >= 0.3 is 41.8 Å². The van der Waals surface area contributed by atoms with Crippen LogP contribution in [0.25, 0.3) is 0 Å². The van der Waals surface area contributed by atoms with Crippen LogP contribution in [0.5, 0.6) is 0 Å². The number of nitrogens with zero attached hydrogens (tertiary/aromatic N) is 3. The molecule has 0 fully saturated rings. The van der Waals surface area contributed by atoms with Crippen LogP contribution < -0.4 is 0 Å². The van der Waals surface area contributed by atoms with Gasteiger partial charge in [0.25, 0.3) is 0 Å². The molecule has 0 unspecified atom stereocenters. The van der Waals surface area contributed by atoms with E-state index < -0.39 is 64.2 Å². The predicted octanol–water partition coefficient (Wildman–Crippen LogP) is 5.54. The Labute approximate surface area is 381 Å². The molecule has 0 spiro atoms. The number of benzene rings is 1. The third kappa shape index (κ3) is 32.1. The molecule has 0 bridgehead atoms. The van der Waals surface area contributed by atoms with Gasteiger partial charge in [0.2, 0.25) is 0 Å². The van der Waals surface area contributed by atoms with Gasteiger partial charge in [0.1, 0.15) is 42.2 Å². The predicted molar refractivity (Wildman–Crippen MR) is 239 cm³/mol. The Hall–Kier alpha value is -4.61. The smallest absolute Gasteiger partial charge is 0.338 e. The van der Waals surface area contributed by atoms with Gasteiger partial charge in [-0.05, 0) is 95.2 Å². The van der Waals surface area contributed by atoms with E-state index in [1.54, 1.807) is 118 Å². The summed E-state index contributed by atoms with van der Waals surface area (Å²) in [5.74, 6) is -3.09. The van der Waals surface area contributed by atoms with Gasteiger partial charge in [0, 0.05) is 58.9 Å². The number of carbonyl (C=O) groups is 7. The van der Waals surface area contributed by atoms with Crippen molar-refractivity contribution in [2.24, 2.45) is 0 Å². The summed E-state index contributed by atoms with van der Waals surface area (Å²) in [6.45, 7) is 23.5. The van der Waals surface area contributed by atoms with E-state index in [-0.39, 0.29) is 117 Å². The maximum absolute atomic E-state index is 13.0. The molecule has 0 aliphatic carbocycles. The largest absolute Gasteiger partial charge is 0.464 e. The molecule has 1 rings (SSSR count). The molecule has 0 radical (unpaired) electrons. The molecule has 1 aromatic rings. The van der Waals surface area contributed by atoms with E-state index in [0.29, 0.717) is 5.56 Å². The molecule has 0 saturated carbocycles. The Morgan fingerprint density at radius 2 is 0.609 bits per heavy atom. The van der Waals surface area contributed by atoms with Crippen LogP contribution in [-0.2, 0) is 61.9 Å². The summed E-state index contributed by atoms with van der Waals surface area (Å²) in [6, 6.07) is 8.51. The lowest BCUT2D eigenvalue weighted by atomic mass is 10.2. The van der Waals surface area contributed by atoms with Crippen LogP contribution in [-0.4, -0.2) is 158 Å². The van der Waals surface area contributed by atoms with Crippen LogP contribution in [0.2, 0.25) is 0 Å². The molecule has 1 aromatic carbocycles. The monoisotopic (exact) mass is 908 g/mol. The number of hydrogen-bond acceptors (Lipinski definition) is 17. The first-order valence-corrected chi connectivity index (χ1v) is 22.2. The summed E-state index contributed by atoms with van der Waals surface area (Å²) >= 11 is 0. The Morgan fingerprint density at radius 1 is 0.359 bits per heavy atom. The third-order valence-electron chi connectivity index (χ3n) is 8.46. The van der Waals surface area contributed by atoms with Crippen LogP contribution in [0, 0.1) is 0 Å². The quantitative estimate of drug-likeness (QED) is 0.0750. The molecule has 0 heterocycles. The second-order valence-corrected chi connectivity index (χ2v) is 19.3. The Balaban J connectivity index is 2.86. The normalized spacial score (nSPS) is 12.2. The van der Waals surface area contributed by atoms with Gasteiger partial charge in [-0.25, -0.2) is 4.79 Å². The molecule has 17 nitrogen and oxygen atoms in total. The highest BCUT2D eigenvalue weighted by molar-refractivity contribution is 5.89. The van der Waals surface area contributed by atoms with Gasteiger partial charge in [-0.1, -0.05) is 18.2 Å². The van der Waals surface area contributed by atoms with E-state index >= 15 is 0 Å². The topological polar surface area (TPSA) is 194 Å². The average Bonchev–Trinajstić information content (AvgIpc) is 3.14. The summed E-state index contributed by atoms with van der Waals surface area (Å²) in [5, 5.41) is 0. The third-order valence-corrected chi connectivity index (χ3v) is 8.46. The fraction of sp³-hybridized carbons (Fsp3) is 0.723. The SMILES string of the molecule is CC(C)(C)OC(=O)CCN(CCOC(=O)CCN(CCOC(=O)c1ccccc1)CCC(=O)OCCN(CCC(=O)OC(C)(C)C)CCC(=O)OC(C)(C)C)CCC(=O)OC(C)(C)C. The number of hydrogen-bond donors (Lipinski definition) is 0. The van der Waals surface area contributed by atoms with E-state index in [9.17, 15) is 33.6 Å². The number of carbonyl (C=O) groups excluding carboxylic acids is 7. The number of esters is 7. The Morgan fingerprint density at radius 3 is 0.875 bits per heavy atom. The highest BCUT2D eigenvalue weighted by Gasteiger charge is 2.23. The van der Waals surface area contributed by atoms with Gasteiger partial charge < -0.3 is 33.2 Å². The van der Waals surface area contributed by atoms with Crippen molar-refractivity contribution in [3.63, 3.8) is 0 Å². The van der Waals surface area contributed by atoms with Crippen molar-refractivity contribution in [2.45, 2.75) is 144 Å². The summed E-state index contributed by atoms with van der Waals surface area (Å²) in [6.07, 6.45) is 0.223. The molecule has 0 aliphatic rings. The first-order chi connectivity index (χ1) is 29.6. The molecule has 0 saturated heterocycles. The summed E-state index contributed by atoms with van der Waals surface area (Å²) in [7, 11) is 0. The van der Waals surface area contributed by atoms with Crippen molar-refractivity contribution in [1.82, 2.24) is 14.7 Å². The second kappa shape index (κ2) is 28.3. The molecule has 0 N–H and O–H groups in total. The number of rotatable bonds is 28. The Kier molecular flexibility index (Phi) is 25.4. The van der Waals surface area contributed by atoms with E-state index in [1.165, 1.54) is 0 Å². The minimum atomic E-state index is -0.648. The fourth-order valence-corrected chi connectivity index (χ4v) is 5.72. The lowest BCUT2D eigenvalue weighted by Crippen LogP contribution is -2.36. The van der Waals surface area contributed by atoms with Crippen molar-refractivity contribution in [2.75, 3.05) is 78.7 Å². The van der Waals surface area contributed by atoms with Crippen LogP contribution in [0.1, 0.15) is 132 Å². The zero-order valence-electron chi connectivity index (χ0n) is 40.7. The van der Waals surface area contributed by atoms with Gasteiger partial charge in [-0.2, -0.15) is 0 Å². The van der Waals surface area contributed by atoms with Gasteiger partial charge in [0.15, 0.2) is 0 Å². The van der Waals surface area contributed by atoms with Gasteiger partial charge in [-0.15, -0.1) is 0 Å². The van der Waals surface area contributed by atoms with Crippen LogP contribution in [0.15, 0.2) is 30.3 Å². The van der Waals surface area contributed by atoms with Crippen molar-refractivity contribution in [3.05, 3.63) is 35.9 Å². The van der Waals surface area contributed by atoms with E-state index in [4.69, 9.17) is 33.2 Å². The zero-order chi connectivity index (χ0) is 48.6. The zero-order valence-corrected chi connectivity index (χ0v) is 40.7. The molecular formula is C47H77N3O14. The van der Waals surface area contributed by atoms with Crippen molar-refractivity contribution < 1.29 is 66.7 Å². The first kappa shape index (κ1) is 57.4. The molecule has 64 heavy (non-hydrogen) atoms. The maximum Gasteiger partial charge on any atom is 0.338 e. The summed E-state index contributed by atoms with van der Waals surface area (Å²) in [5.41, 5.74) is -2.20. The maximum atomic E-state index is 13.0. The van der Waals surface area contributed by atoms with E-state index in [0.717, 1.165) is 0 Å². The molecule has 364 valence electrons. The number of ether oxygens (including phenoxy) is 7.